The molecule has 3 saturated heterocycles. The van der Waals surface area contributed by atoms with E-state index in [0.717, 1.165) is 69.4 Å². The van der Waals surface area contributed by atoms with Crippen molar-refractivity contribution in [2.45, 2.75) is 69.8 Å². The number of rotatable bonds is 6. The van der Waals surface area contributed by atoms with Crippen LogP contribution in [0.4, 0.5) is 5.69 Å². The second-order valence-electron chi connectivity index (χ2n) is 9.97. The molecule has 3 aliphatic heterocycles. The van der Waals surface area contributed by atoms with E-state index in [1.165, 1.54) is 5.56 Å². The molecule has 0 radical (unpaired) electrons. The van der Waals surface area contributed by atoms with Gasteiger partial charge in [-0.3, -0.25) is 9.69 Å². The van der Waals surface area contributed by atoms with Gasteiger partial charge in [0, 0.05) is 41.9 Å². The summed E-state index contributed by atoms with van der Waals surface area (Å²) in [4.78, 5) is 18.3. The molecule has 5 nitrogen and oxygen atoms in total. The number of aliphatic hydroxyl groups excluding tert-OH is 1. The van der Waals surface area contributed by atoms with Gasteiger partial charge < -0.3 is 15.3 Å². The van der Waals surface area contributed by atoms with E-state index < -0.39 is 0 Å². The van der Waals surface area contributed by atoms with E-state index in [-0.39, 0.29) is 12.5 Å². The Labute approximate surface area is 201 Å². The zero-order valence-electron chi connectivity index (χ0n) is 19.1. The fraction of sp³-hybridized carbons (Fsp3) is 0.519. The van der Waals surface area contributed by atoms with Gasteiger partial charge in [0.25, 0.3) is 0 Å². The van der Waals surface area contributed by atoms with E-state index in [9.17, 15) is 9.90 Å². The molecule has 0 spiro atoms. The molecular formula is C27H34ClN3O2. The Balaban J connectivity index is 1.19. The number of fused-ring (bicyclic) bond motifs is 2. The van der Waals surface area contributed by atoms with Gasteiger partial charge in [-0.1, -0.05) is 48.0 Å². The molecule has 176 valence electrons. The summed E-state index contributed by atoms with van der Waals surface area (Å²) in [6.45, 7) is 2.84. The molecule has 2 aromatic carbocycles. The number of carbonyl (C=O) groups excluding carboxylic acids is 1. The lowest BCUT2D eigenvalue weighted by Gasteiger charge is -2.42. The van der Waals surface area contributed by atoms with Crippen LogP contribution in [-0.2, 0) is 17.9 Å². The zero-order valence-corrected chi connectivity index (χ0v) is 19.9. The van der Waals surface area contributed by atoms with E-state index in [2.05, 4.69) is 45.4 Å². The minimum Gasteiger partial charge on any atom is -0.392 e. The number of nitrogens with one attached hydrogen (secondary N) is 1. The number of benzene rings is 2. The van der Waals surface area contributed by atoms with Crippen molar-refractivity contribution in [3.8, 4) is 0 Å². The molecule has 0 unspecified atom stereocenters. The molecule has 0 aliphatic carbocycles. The first-order valence-corrected chi connectivity index (χ1v) is 12.7. The van der Waals surface area contributed by atoms with Crippen molar-refractivity contribution < 1.29 is 9.90 Å². The van der Waals surface area contributed by atoms with Crippen LogP contribution in [0.5, 0.6) is 0 Å². The Kier molecular flexibility index (Phi) is 6.91. The topological polar surface area (TPSA) is 55.8 Å². The van der Waals surface area contributed by atoms with Gasteiger partial charge in [0.2, 0.25) is 5.91 Å². The summed E-state index contributed by atoms with van der Waals surface area (Å²) in [5.41, 5.74) is 3.06. The number of piperidine rings is 2. The van der Waals surface area contributed by atoms with Crippen LogP contribution in [0.15, 0.2) is 48.5 Å². The van der Waals surface area contributed by atoms with Crippen LogP contribution in [-0.4, -0.2) is 52.0 Å². The molecule has 3 aliphatic rings. The lowest BCUT2D eigenvalue weighted by atomic mass is 9.91. The first-order chi connectivity index (χ1) is 16.1. The Morgan fingerprint density at radius 3 is 2.52 bits per heavy atom. The highest BCUT2D eigenvalue weighted by molar-refractivity contribution is 6.31. The highest BCUT2D eigenvalue weighted by Crippen LogP contribution is 2.39. The van der Waals surface area contributed by atoms with Crippen molar-refractivity contribution in [1.29, 1.82) is 0 Å². The summed E-state index contributed by atoms with van der Waals surface area (Å²) in [6.07, 6.45) is 6.31. The number of anilines is 1. The quantitative estimate of drug-likeness (QED) is 0.647. The minimum atomic E-state index is -0.0479. The van der Waals surface area contributed by atoms with Crippen molar-refractivity contribution in [3.05, 3.63) is 64.7 Å². The molecule has 33 heavy (non-hydrogen) atoms. The SMILES string of the molecule is O=C([C@@H]1CCCN(Cc2ccccc2)C1)N1[C@@H]2CC[C@H]1C[C@H](Nc1ccc(CO)c(Cl)c1)C2. The average Bonchev–Trinajstić information content (AvgIpc) is 3.09. The fourth-order valence-electron chi connectivity index (χ4n) is 6.11. The first-order valence-electron chi connectivity index (χ1n) is 12.3. The summed E-state index contributed by atoms with van der Waals surface area (Å²) in [5, 5.41) is 13.6. The van der Waals surface area contributed by atoms with Gasteiger partial charge in [-0.25, -0.2) is 0 Å². The highest BCUT2D eigenvalue weighted by Gasteiger charge is 2.45. The van der Waals surface area contributed by atoms with Crippen LogP contribution in [0.3, 0.4) is 0 Å². The number of likely N-dealkylation sites (tertiary alicyclic amines) is 1. The van der Waals surface area contributed by atoms with Crippen LogP contribution in [0, 0.1) is 5.92 Å². The number of hydrogen-bond donors (Lipinski definition) is 2. The molecular weight excluding hydrogens is 434 g/mol. The number of hydrogen-bond acceptors (Lipinski definition) is 4. The summed E-state index contributed by atoms with van der Waals surface area (Å²) in [5.74, 6) is 0.508. The Hall–Kier alpha value is -2.08. The molecule has 6 heteroatoms. The van der Waals surface area contributed by atoms with E-state index >= 15 is 0 Å². The number of halogens is 1. The summed E-state index contributed by atoms with van der Waals surface area (Å²) in [7, 11) is 0. The van der Waals surface area contributed by atoms with Crippen molar-refractivity contribution in [3.63, 3.8) is 0 Å². The van der Waals surface area contributed by atoms with E-state index in [1.807, 2.05) is 18.2 Å². The van der Waals surface area contributed by atoms with Crippen LogP contribution < -0.4 is 5.32 Å². The number of amides is 1. The van der Waals surface area contributed by atoms with Crippen LogP contribution >= 0.6 is 11.6 Å². The van der Waals surface area contributed by atoms with Crippen LogP contribution in [0.25, 0.3) is 0 Å². The molecule has 2 aromatic rings. The maximum absolute atomic E-state index is 13.6. The smallest absolute Gasteiger partial charge is 0.227 e. The van der Waals surface area contributed by atoms with Crippen LogP contribution in [0.1, 0.15) is 49.7 Å². The van der Waals surface area contributed by atoms with E-state index in [1.54, 1.807) is 0 Å². The Morgan fingerprint density at radius 2 is 1.82 bits per heavy atom. The lowest BCUT2D eigenvalue weighted by Crippen LogP contribution is -2.53. The second-order valence-corrected chi connectivity index (χ2v) is 10.4. The predicted octanol–water partition coefficient (Wildman–Crippen LogP) is 4.68. The molecule has 3 heterocycles. The largest absolute Gasteiger partial charge is 0.392 e. The average molecular weight is 468 g/mol. The highest BCUT2D eigenvalue weighted by atomic mass is 35.5. The normalized spacial score (nSPS) is 27.5. The summed E-state index contributed by atoms with van der Waals surface area (Å²) < 4.78 is 0. The maximum atomic E-state index is 13.6. The molecule has 2 bridgehead atoms. The third kappa shape index (κ3) is 5.06. The molecule has 1 amide bonds. The van der Waals surface area contributed by atoms with E-state index in [0.29, 0.717) is 29.1 Å². The molecule has 3 fully saturated rings. The van der Waals surface area contributed by atoms with E-state index in [4.69, 9.17) is 11.6 Å². The monoisotopic (exact) mass is 467 g/mol. The van der Waals surface area contributed by atoms with Crippen molar-refractivity contribution >= 4 is 23.2 Å². The molecule has 0 aromatic heterocycles. The van der Waals surface area contributed by atoms with Crippen molar-refractivity contribution in [2.24, 2.45) is 5.92 Å². The van der Waals surface area contributed by atoms with Gasteiger partial charge >= 0.3 is 0 Å². The minimum absolute atomic E-state index is 0.0479. The van der Waals surface area contributed by atoms with Gasteiger partial charge in [0.15, 0.2) is 0 Å². The number of nitrogens with zero attached hydrogens (tertiary/aromatic N) is 2. The third-order valence-electron chi connectivity index (χ3n) is 7.69. The number of carbonyl (C=O) groups is 1. The third-order valence-corrected chi connectivity index (χ3v) is 8.04. The first kappa shape index (κ1) is 22.7. The molecule has 0 saturated carbocycles. The fourth-order valence-corrected chi connectivity index (χ4v) is 6.35. The van der Waals surface area contributed by atoms with Gasteiger partial charge in [0.05, 0.1) is 12.5 Å². The Bertz CT molecular complexity index is 955. The summed E-state index contributed by atoms with van der Waals surface area (Å²) in [6, 6.07) is 17.4. The molecule has 2 N–H and O–H groups in total. The summed E-state index contributed by atoms with van der Waals surface area (Å²) >= 11 is 6.27. The molecule has 5 rings (SSSR count). The second kappa shape index (κ2) is 10.0. The van der Waals surface area contributed by atoms with Crippen LogP contribution in [0.2, 0.25) is 5.02 Å². The molecule has 4 atom stereocenters. The number of aliphatic hydroxyl groups is 1. The van der Waals surface area contributed by atoms with Gasteiger partial charge in [-0.15, -0.1) is 0 Å². The standard InChI is InChI=1S/C27H34ClN3O2/c28-26-15-22(9-8-21(26)18-32)29-23-13-24-10-11-25(14-23)31(24)27(33)20-7-4-12-30(17-20)16-19-5-2-1-3-6-19/h1-3,5-6,8-9,15,20,23-25,29,32H,4,7,10-14,16-18H2/t20-,23-,24-,25+/m1/s1. The van der Waals surface area contributed by atoms with Crippen molar-refractivity contribution in [2.75, 3.05) is 18.4 Å². The zero-order chi connectivity index (χ0) is 22.8. The van der Waals surface area contributed by atoms with Gasteiger partial charge in [-0.05, 0) is 68.3 Å². The van der Waals surface area contributed by atoms with Gasteiger partial charge in [-0.2, -0.15) is 0 Å². The Morgan fingerprint density at radius 1 is 1.06 bits per heavy atom. The van der Waals surface area contributed by atoms with Gasteiger partial charge in [0.1, 0.15) is 0 Å². The lowest BCUT2D eigenvalue weighted by molar-refractivity contribution is -0.142. The maximum Gasteiger partial charge on any atom is 0.227 e. The predicted molar refractivity (Wildman–Crippen MR) is 132 cm³/mol. The van der Waals surface area contributed by atoms with Crippen molar-refractivity contribution in [1.82, 2.24) is 9.80 Å².